The molecule has 1 N–H and O–H groups in total. The molecule has 1 aliphatic carbocycles. The lowest BCUT2D eigenvalue weighted by Crippen LogP contribution is -2.24. The van der Waals surface area contributed by atoms with E-state index in [0.717, 1.165) is 24.2 Å². The quantitative estimate of drug-likeness (QED) is 0.900. The number of nitrogens with zero attached hydrogens (tertiary/aromatic N) is 2. The van der Waals surface area contributed by atoms with Crippen molar-refractivity contribution in [1.82, 2.24) is 9.55 Å². The van der Waals surface area contributed by atoms with Crippen LogP contribution in [-0.2, 0) is 0 Å². The number of fused-ring (bicyclic) bond motifs is 1. The Morgan fingerprint density at radius 2 is 2.00 bits per heavy atom. The summed E-state index contributed by atoms with van der Waals surface area (Å²) in [7, 11) is 0. The van der Waals surface area contributed by atoms with Gasteiger partial charge in [0.25, 0.3) is 0 Å². The summed E-state index contributed by atoms with van der Waals surface area (Å²) in [6.45, 7) is 6.63. The van der Waals surface area contributed by atoms with Crippen molar-refractivity contribution in [3.8, 4) is 0 Å². The fourth-order valence-electron chi connectivity index (χ4n) is 3.51. The van der Waals surface area contributed by atoms with Crippen molar-refractivity contribution in [2.75, 3.05) is 0 Å². The molecule has 1 saturated carbocycles. The van der Waals surface area contributed by atoms with E-state index in [9.17, 15) is 9.90 Å². The second kappa shape index (κ2) is 4.86. The molecular formula is C17H22N2O2. The predicted octanol–water partition coefficient (Wildman–Crippen LogP) is 4.18. The number of aromatic nitrogens is 2. The normalized spacial score (nSPS) is 19.0. The van der Waals surface area contributed by atoms with Crippen LogP contribution in [0.1, 0.15) is 61.8 Å². The Bertz CT molecular complexity index is 690. The molecule has 0 atom stereocenters. The van der Waals surface area contributed by atoms with E-state index in [2.05, 4.69) is 23.4 Å². The van der Waals surface area contributed by atoms with Gasteiger partial charge in [-0.2, -0.15) is 0 Å². The van der Waals surface area contributed by atoms with Gasteiger partial charge in [0.05, 0.1) is 11.1 Å². The molecule has 0 aliphatic heterocycles. The van der Waals surface area contributed by atoms with Gasteiger partial charge in [0, 0.05) is 6.04 Å². The minimum absolute atomic E-state index is 0.297. The Balaban J connectivity index is 2.06. The lowest BCUT2D eigenvalue weighted by Gasteiger charge is -2.35. The highest BCUT2D eigenvalue weighted by molar-refractivity contribution is 6.01. The van der Waals surface area contributed by atoms with E-state index in [1.165, 1.54) is 12.8 Å². The fraction of sp³-hybridized carbons (Fsp3) is 0.529. The molecule has 0 radical (unpaired) electrons. The minimum Gasteiger partial charge on any atom is -0.478 e. The summed E-state index contributed by atoms with van der Waals surface area (Å²) in [5.41, 5.74) is 2.29. The number of hydrogen-bond donors (Lipinski definition) is 1. The Hall–Kier alpha value is -1.84. The number of aromatic carboxylic acids is 1. The summed E-state index contributed by atoms with van der Waals surface area (Å²) in [4.78, 5) is 15.9. The lowest BCUT2D eigenvalue weighted by atomic mass is 9.75. The van der Waals surface area contributed by atoms with Gasteiger partial charge >= 0.3 is 5.97 Å². The lowest BCUT2D eigenvalue weighted by molar-refractivity contribution is 0.0699. The van der Waals surface area contributed by atoms with Crippen molar-refractivity contribution in [3.05, 3.63) is 29.6 Å². The second-order valence-electron chi connectivity index (χ2n) is 6.90. The van der Waals surface area contributed by atoms with Crippen molar-refractivity contribution in [2.24, 2.45) is 5.41 Å². The van der Waals surface area contributed by atoms with Crippen LogP contribution in [0.5, 0.6) is 0 Å². The number of benzene rings is 1. The van der Waals surface area contributed by atoms with Crippen molar-refractivity contribution in [2.45, 2.75) is 52.5 Å². The Morgan fingerprint density at radius 3 is 2.62 bits per heavy atom. The van der Waals surface area contributed by atoms with Crippen molar-refractivity contribution >= 4 is 17.0 Å². The Morgan fingerprint density at radius 1 is 1.33 bits per heavy atom. The highest BCUT2D eigenvalue weighted by atomic mass is 16.4. The zero-order chi connectivity index (χ0) is 15.2. The maximum Gasteiger partial charge on any atom is 0.337 e. The molecule has 21 heavy (non-hydrogen) atoms. The van der Waals surface area contributed by atoms with Crippen molar-refractivity contribution in [3.63, 3.8) is 0 Å². The molecule has 4 heteroatoms. The molecule has 0 spiro atoms. The molecular weight excluding hydrogens is 264 g/mol. The summed E-state index contributed by atoms with van der Waals surface area (Å²) >= 11 is 0. The molecule has 1 fully saturated rings. The van der Waals surface area contributed by atoms with E-state index in [0.29, 0.717) is 22.5 Å². The van der Waals surface area contributed by atoms with Crippen LogP contribution in [-0.4, -0.2) is 20.6 Å². The van der Waals surface area contributed by atoms with Crippen molar-refractivity contribution in [1.29, 1.82) is 0 Å². The Labute approximate surface area is 124 Å². The van der Waals surface area contributed by atoms with Crippen LogP contribution in [0.3, 0.4) is 0 Å². The maximum absolute atomic E-state index is 11.3. The number of rotatable bonds is 2. The maximum atomic E-state index is 11.3. The number of aryl methyl sites for hydroxylation is 1. The third kappa shape index (κ3) is 2.43. The minimum atomic E-state index is -0.907. The molecule has 1 aromatic heterocycles. The molecule has 0 bridgehead atoms. The molecule has 0 unspecified atom stereocenters. The first kappa shape index (κ1) is 14.1. The SMILES string of the molecule is Cc1nc2c(C(=O)O)cccc2n1C1CCC(C)(C)CC1. The summed E-state index contributed by atoms with van der Waals surface area (Å²) in [6.07, 6.45) is 4.68. The molecule has 4 nitrogen and oxygen atoms in total. The zero-order valence-corrected chi connectivity index (χ0v) is 12.9. The van der Waals surface area contributed by atoms with Gasteiger partial charge in [-0.15, -0.1) is 0 Å². The van der Waals surface area contributed by atoms with Crippen LogP contribution >= 0.6 is 0 Å². The first-order chi connectivity index (χ1) is 9.89. The molecule has 2 aromatic rings. The summed E-state index contributed by atoms with van der Waals surface area (Å²) in [6, 6.07) is 5.87. The topological polar surface area (TPSA) is 55.1 Å². The van der Waals surface area contributed by atoms with Gasteiger partial charge in [-0.25, -0.2) is 9.78 Å². The van der Waals surface area contributed by atoms with Crippen LogP contribution in [0.2, 0.25) is 0 Å². The smallest absolute Gasteiger partial charge is 0.337 e. The highest BCUT2D eigenvalue weighted by Gasteiger charge is 2.29. The van der Waals surface area contributed by atoms with Gasteiger partial charge in [-0.3, -0.25) is 0 Å². The van der Waals surface area contributed by atoms with E-state index in [1.54, 1.807) is 6.07 Å². The van der Waals surface area contributed by atoms with Gasteiger partial charge in [0.2, 0.25) is 0 Å². The van der Waals surface area contributed by atoms with Gasteiger partial charge in [0.15, 0.2) is 0 Å². The summed E-state index contributed by atoms with van der Waals surface area (Å²) in [5, 5.41) is 9.31. The number of carboxylic acid groups (broad SMARTS) is 1. The molecule has 112 valence electrons. The first-order valence-electron chi connectivity index (χ1n) is 7.60. The standard InChI is InChI=1S/C17H22N2O2/c1-11-18-15-13(16(20)21)5-4-6-14(15)19(11)12-7-9-17(2,3)10-8-12/h4-6,12H,7-10H2,1-3H3,(H,20,21). The zero-order valence-electron chi connectivity index (χ0n) is 12.9. The van der Waals surface area contributed by atoms with E-state index < -0.39 is 5.97 Å². The van der Waals surface area contributed by atoms with E-state index in [1.807, 2.05) is 19.1 Å². The van der Waals surface area contributed by atoms with Crippen molar-refractivity contribution < 1.29 is 9.90 Å². The van der Waals surface area contributed by atoms with Crippen LogP contribution in [0.4, 0.5) is 0 Å². The summed E-state index contributed by atoms with van der Waals surface area (Å²) in [5.74, 6) is 0.0124. The third-order valence-corrected chi connectivity index (χ3v) is 4.80. The molecule has 1 heterocycles. The average Bonchev–Trinajstić information content (AvgIpc) is 2.74. The largest absolute Gasteiger partial charge is 0.478 e. The molecule has 1 aliphatic rings. The molecule has 0 saturated heterocycles. The van der Waals surface area contributed by atoms with Gasteiger partial charge in [0.1, 0.15) is 11.3 Å². The number of imidazole rings is 1. The van der Waals surface area contributed by atoms with E-state index >= 15 is 0 Å². The van der Waals surface area contributed by atoms with Gasteiger partial charge in [-0.05, 0) is 50.2 Å². The third-order valence-electron chi connectivity index (χ3n) is 4.80. The summed E-state index contributed by atoms with van der Waals surface area (Å²) < 4.78 is 2.25. The predicted molar refractivity (Wildman–Crippen MR) is 82.7 cm³/mol. The fourth-order valence-corrected chi connectivity index (χ4v) is 3.51. The molecule has 1 aromatic carbocycles. The monoisotopic (exact) mass is 286 g/mol. The average molecular weight is 286 g/mol. The Kier molecular flexibility index (Phi) is 3.27. The highest BCUT2D eigenvalue weighted by Crippen LogP contribution is 2.41. The van der Waals surface area contributed by atoms with Gasteiger partial charge in [-0.1, -0.05) is 19.9 Å². The number of hydrogen-bond acceptors (Lipinski definition) is 2. The number of carbonyl (C=O) groups is 1. The van der Waals surface area contributed by atoms with Crippen LogP contribution < -0.4 is 0 Å². The van der Waals surface area contributed by atoms with Gasteiger partial charge < -0.3 is 9.67 Å². The first-order valence-corrected chi connectivity index (χ1v) is 7.60. The van der Waals surface area contributed by atoms with Crippen LogP contribution in [0.25, 0.3) is 11.0 Å². The van der Waals surface area contributed by atoms with E-state index in [-0.39, 0.29) is 0 Å². The van der Waals surface area contributed by atoms with Crippen LogP contribution in [0, 0.1) is 12.3 Å². The number of para-hydroxylation sites is 1. The number of carboxylic acids is 1. The second-order valence-corrected chi connectivity index (χ2v) is 6.90. The van der Waals surface area contributed by atoms with Crippen LogP contribution in [0.15, 0.2) is 18.2 Å². The molecule has 0 amide bonds. The van der Waals surface area contributed by atoms with E-state index in [4.69, 9.17) is 0 Å². The molecule has 3 rings (SSSR count).